The van der Waals surface area contributed by atoms with Crippen LogP contribution in [0.5, 0.6) is 0 Å². The van der Waals surface area contributed by atoms with Gasteiger partial charge >= 0.3 is 19.5 Å². The van der Waals surface area contributed by atoms with Crippen molar-refractivity contribution in [3.05, 3.63) is 0 Å². The molecule has 0 aliphatic heterocycles. The van der Waals surface area contributed by atoms with Gasteiger partial charge in [0.25, 0.3) is 0 Å². The summed E-state index contributed by atoms with van der Waals surface area (Å²) in [6, 6.07) is 0. The Balaban J connectivity index is -0.000000120. The molecule has 0 bridgehead atoms. The van der Waals surface area contributed by atoms with Gasteiger partial charge in [-0.05, 0) is 0 Å². The molecule has 0 atom stereocenters. The van der Waals surface area contributed by atoms with Gasteiger partial charge in [-0.25, -0.2) is 0 Å². The molecule has 0 rings (SSSR count). The van der Waals surface area contributed by atoms with E-state index in [1.807, 2.05) is 0 Å². The molecule has 0 heterocycles. The molecule has 11 heteroatoms. The van der Waals surface area contributed by atoms with Gasteiger partial charge in [-0.1, -0.05) is 0 Å². The van der Waals surface area contributed by atoms with E-state index in [0.717, 1.165) is 0 Å². The van der Waals surface area contributed by atoms with Crippen LogP contribution in [0.25, 0.3) is 0 Å². The molecule has 98 valence electrons. The molecule has 0 spiro atoms. The molecule has 0 aromatic heterocycles. The first kappa shape index (κ1) is 29.7. The molecule has 0 amide bonds. The number of carboxylic acid groups (broad SMARTS) is 3. The quantitative estimate of drug-likeness (QED) is 0.480. The Morgan fingerprint density at radius 2 is 1.12 bits per heavy atom. The third-order valence-corrected chi connectivity index (χ3v) is 1.25. The van der Waals surface area contributed by atoms with E-state index >= 15 is 0 Å². The Bertz CT molecular complexity index is 235. The third kappa shape index (κ3) is 11.1. The second-order valence-corrected chi connectivity index (χ2v) is 2.42. The van der Waals surface area contributed by atoms with Crippen molar-refractivity contribution in [3.8, 4) is 0 Å². The zero-order valence-electron chi connectivity index (χ0n) is 8.52. The van der Waals surface area contributed by atoms with Crippen molar-refractivity contribution in [1.29, 1.82) is 0 Å². The van der Waals surface area contributed by atoms with Crippen LogP contribution in [-0.4, -0.2) is 45.0 Å². The third-order valence-electron chi connectivity index (χ3n) is 1.25. The van der Waals surface area contributed by atoms with Gasteiger partial charge in [0.05, 0.1) is 5.97 Å². The van der Waals surface area contributed by atoms with E-state index in [4.69, 9.17) is 5.11 Å². The summed E-state index contributed by atoms with van der Waals surface area (Å²) >= 11 is 0. The van der Waals surface area contributed by atoms with Gasteiger partial charge < -0.3 is 51.2 Å². The maximum Gasteiger partial charge on any atom is 2.00 e. The average Bonchev–Trinajstić information content (AvgIpc) is 1.82. The van der Waals surface area contributed by atoms with E-state index in [1.165, 1.54) is 0 Å². The monoisotopic (exact) mass is 307 g/mol. The Morgan fingerprint density at radius 1 is 0.882 bits per heavy atom. The first-order valence-corrected chi connectivity index (χ1v) is 3.11. The Hall–Kier alpha value is -1.13. The summed E-state index contributed by atoms with van der Waals surface area (Å²) in [7, 11) is 0. The van der Waals surface area contributed by atoms with Crippen molar-refractivity contribution in [2.75, 3.05) is 0 Å². The fourth-order valence-electron chi connectivity index (χ4n) is 0.684. The zero-order valence-corrected chi connectivity index (χ0v) is 11.5. The maximum atomic E-state index is 10.1. The van der Waals surface area contributed by atoms with Gasteiger partial charge in [0.1, 0.15) is 5.60 Å². The summed E-state index contributed by atoms with van der Waals surface area (Å²) in [6.45, 7) is 0. The summed E-state index contributed by atoms with van der Waals surface area (Å²) in [5.74, 6) is -5.98. The van der Waals surface area contributed by atoms with Crippen LogP contribution in [0.15, 0.2) is 0 Å². The fourth-order valence-corrected chi connectivity index (χ4v) is 0.684. The van der Waals surface area contributed by atoms with Crippen LogP contribution in [0.3, 0.4) is 0 Å². The van der Waals surface area contributed by atoms with Crippen LogP contribution >= 0.6 is 0 Å². The minimum atomic E-state index is -2.97. The normalized spacial score (nSPS) is 8.29. The zero-order chi connectivity index (χ0) is 10.6. The van der Waals surface area contributed by atoms with E-state index in [-0.39, 0.29) is 35.9 Å². The van der Waals surface area contributed by atoms with Crippen molar-refractivity contribution in [3.63, 3.8) is 0 Å². The molecular formula is C6H11O10Zn-. The number of aliphatic carboxylic acids is 3. The number of hydrogen-bond donors (Lipinski definition) is 1. The second kappa shape index (κ2) is 11.4. The molecule has 0 fully saturated rings. The number of carbonyl (C=O) groups is 3. The molecule has 10 nitrogen and oxygen atoms in total. The molecule has 0 aliphatic carbocycles. The van der Waals surface area contributed by atoms with Crippen LogP contribution in [0.2, 0.25) is 0 Å². The molecule has 0 aromatic carbocycles. The molecule has 0 unspecified atom stereocenters. The standard InChI is InChI=1S/C6H8O7.3H2O.Zn/c7-3(8)1-6(13,5(11)12)2-4(9)10;;;;/h13H,1-2H2,(H,7,8)(H,9,10)(H,11,12);3*1H2;/q;;;;+2/p-3. The summed E-state index contributed by atoms with van der Waals surface area (Å²) in [6.07, 6.45) is -2.72. The van der Waals surface area contributed by atoms with E-state index < -0.39 is 36.4 Å². The Labute approximate surface area is 108 Å². The van der Waals surface area contributed by atoms with Crippen LogP contribution in [0.1, 0.15) is 12.8 Å². The van der Waals surface area contributed by atoms with Gasteiger partial charge in [-0.3, -0.25) is 0 Å². The maximum absolute atomic E-state index is 10.1. The predicted octanol–water partition coefficient (Wildman–Crippen LogP) is -7.73. The predicted molar refractivity (Wildman–Crippen MR) is 40.0 cm³/mol. The van der Waals surface area contributed by atoms with Crippen LogP contribution < -0.4 is 15.3 Å². The van der Waals surface area contributed by atoms with Gasteiger partial charge in [0.2, 0.25) is 0 Å². The second-order valence-electron chi connectivity index (χ2n) is 2.42. The number of hydrogen-bond acceptors (Lipinski definition) is 7. The number of carbonyl (C=O) groups excluding carboxylic acids is 3. The first-order chi connectivity index (χ1) is 5.78. The summed E-state index contributed by atoms with van der Waals surface area (Å²) in [4.78, 5) is 30.0. The number of rotatable bonds is 5. The molecule has 17 heavy (non-hydrogen) atoms. The minimum absolute atomic E-state index is 0. The van der Waals surface area contributed by atoms with Gasteiger partial charge in [0.15, 0.2) is 0 Å². The largest absolute Gasteiger partial charge is 2.00 e. The molecule has 0 saturated carbocycles. The van der Waals surface area contributed by atoms with E-state index in [1.54, 1.807) is 0 Å². The van der Waals surface area contributed by atoms with Crippen LogP contribution in [0, 0.1) is 0 Å². The topological polar surface area (TPSA) is 235 Å². The van der Waals surface area contributed by atoms with Crippen molar-refractivity contribution in [2.24, 2.45) is 0 Å². The summed E-state index contributed by atoms with van der Waals surface area (Å²) < 4.78 is 0. The van der Waals surface area contributed by atoms with Crippen molar-refractivity contribution >= 4 is 17.9 Å². The first-order valence-electron chi connectivity index (χ1n) is 3.11. The average molecular weight is 309 g/mol. The molecular weight excluding hydrogens is 297 g/mol. The van der Waals surface area contributed by atoms with Crippen molar-refractivity contribution < 1.29 is 70.7 Å². The van der Waals surface area contributed by atoms with E-state index in [2.05, 4.69) is 0 Å². The summed E-state index contributed by atoms with van der Waals surface area (Å²) in [5.41, 5.74) is -2.97. The number of aliphatic hydroxyl groups is 1. The van der Waals surface area contributed by atoms with Gasteiger partial charge in [-0.15, -0.1) is 0 Å². The molecule has 7 N–H and O–H groups in total. The van der Waals surface area contributed by atoms with E-state index in [0.29, 0.717) is 0 Å². The Kier molecular flexibility index (Phi) is 19.8. The summed E-state index contributed by atoms with van der Waals surface area (Å²) in [5, 5.41) is 38.9. The van der Waals surface area contributed by atoms with Gasteiger partial charge in [-0.2, -0.15) is 0 Å². The smallest absolute Gasteiger partial charge is 0.550 e. The molecule has 0 aliphatic rings. The Morgan fingerprint density at radius 3 is 1.24 bits per heavy atom. The van der Waals surface area contributed by atoms with Crippen LogP contribution in [-0.2, 0) is 33.9 Å². The van der Waals surface area contributed by atoms with Crippen molar-refractivity contribution in [2.45, 2.75) is 18.4 Å². The van der Waals surface area contributed by atoms with Crippen LogP contribution in [0.4, 0.5) is 0 Å². The molecule has 0 aromatic rings. The van der Waals surface area contributed by atoms with E-state index in [9.17, 15) is 29.7 Å². The molecule has 0 saturated heterocycles. The fraction of sp³-hybridized carbons (Fsp3) is 0.500. The van der Waals surface area contributed by atoms with Crippen molar-refractivity contribution in [1.82, 2.24) is 0 Å². The SMILES string of the molecule is O.O.O.O=C([O-])CC(O)(CC(=O)[O-])C(=O)[O-].[Zn+2]. The number of carboxylic acids is 3. The molecule has 0 radical (unpaired) electrons. The minimum Gasteiger partial charge on any atom is -0.550 e. The van der Waals surface area contributed by atoms with Gasteiger partial charge in [0, 0.05) is 24.8 Å².